The third-order valence-corrected chi connectivity index (χ3v) is 3.05. The largest absolute Gasteiger partial charge is 0.476 e. The third-order valence-electron chi connectivity index (χ3n) is 3.05. The molecule has 0 atom stereocenters. The van der Waals surface area contributed by atoms with Gasteiger partial charge in [-0.2, -0.15) is 0 Å². The summed E-state index contributed by atoms with van der Waals surface area (Å²) in [5, 5.41) is 17.0. The van der Waals surface area contributed by atoms with E-state index in [1.807, 2.05) is 12.1 Å². The predicted octanol–water partition coefficient (Wildman–Crippen LogP) is 0.820. The number of carboxylic acid groups (broad SMARTS) is 1. The Labute approximate surface area is 119 Å². The van der Waals surface area contributed by atoms with E-state index in [4.69, 9.17) is 0 Å². The minimum atomic E-state index is -1.13. The van der Waals surface area contributed by atoms with Crippen molar-refractivity contribution >= 4 is 5.97 Å². The Balaban J connectivity index is 2.10. The van der Waals surface area contributed by atoms with Crippen molar-refractivity contribution in [3.05, 3.63) is 48.2 Å². The normalized spacial score (nSPS) is 10.7. The average molecular weight is 284 g/mol. The van der Waals surface area contributed by atoms with Gasteiger partial charge in [0, 0.05) is 31.8 Å². The number of pyridine rings is 1. The lowest BCUT2D eigenvalue weighted by molar-refractivity contribution is 0.0691. The average Bonchev–Trinajstić information content (AvgIpc) is 3.06. The lowest BCUT2D eigenvalue weighted by Crippen LogP contribution is -2.09. The van der Waals surface area contributed by atoms with Crippen molar-refractivity contribution in [3.8, 4) is 11.5 Å². The zero-order valence-electron chi connectivity index (χ0n) is 11.2. The van der Waals surface area contributed by atoms with Gasteiger partial charge in [0.2, 0.25) is 5.69 Å². The molecule has 3 aromatic heterocycles. The van der Waals surface area contributed by atoms with Crippen LogP contribution < -0.4 is 0 Å². The van der Waals surface area contributed by atoms with Crippen LogP contribution in [0.25, 0.3) is 11.5 Å². The van der Waals surface area contributed by atoms with Crippen molar-refractivity contribution in [2.24, 2.45) is 7.05 Å². The van der Waals surface area contributed by atoms with E-state index in [0.717, 1.165) is 5.56 Å². The highest BCUT2D eigenvalue weighted by Crippen LogP contribution is 2.21. The second-order valence-corrected chi connectivity index (χ2v) is 4.47. The monoisotopic (exact) mass is 284 g/mol. The lowest BCUT2D eigenvalue weighted by atomic mass is 10.2. The Hall–Kier alpha value is -3.03. The van der Waals surface area contributed by atoms with Gasteiger partial charge in [-0.3, -0.25) is 4.98 Å². The first kappa shape index (κ1) is 13.0. The van der Waals surface area contributed by atoms with Crippen LogP contribution in [0.15, 0.2) is 36.9 Å². The van der Waals surface area contributed by atoms with E-state index in [9.17, 15) is 9.90 Å². The molecule has 0 saturated carbocycles. The Kier molecular flexibility index (Phi) is 3.19. The van der Waals surface area contributed by atoms with E-state index in [1.165, 1.54) is 4.68 Å². The molecule has 0 aliphatic heterocycles. The van der Waals surface area contributed by atoms with Gasteiger partial charge in [0.25, 0.3) is 0 Å². The molecule has 21 heavy (non-hydrogen) atoms. The highest BCUT2D eigenvalue weighted by atomic mass is 16.4. The smallest absolute Gasteiger partial charge is 0.358 e. The molecule has 3 aromatic rings. The van der Waals surface area contributed by atoms with Crippen molar-refractivity contribution in [3.63, 3.8) is 0 Å². The molecule has 0 unspecified atom stereocenters. The van der Waals surface area contributed by atoms with E-state index in [0.29, 0.717) is 18.1 Å². The SMILES string of the molecule is Cn1ccnc1-c1c(C(=O)O)nnn1Cc1ccncc1. The van der Waals surface area contributed by atoms with Crippen LogP contribution in [0.2, 0.25) is 0 Å². The van der Waals surface area contributed by atoms with Crippen LogP contribution in [0.4, 0.5) is 0 Å². The molecular weight excluding hydrogens is 272 g/mol. The highest BCUT2D eigenvalue weighted by molar-refractivity contribution is 5.91. The summed E-state index contributed by atoms with van der Waals surface area (Å²) >= 11 is 0. The Morgan fingerprint density at radius 3 is 2.67 bits per heavy atom. The van der Waals surface area contributed by atoms with Crippen LogP contribution in [-0.2, 0) is 13.6 Å². The molecular formula is C13H12N6O2. The molecule has 0 aliphatic rings. The number of imidazole rings is 1. The summed E-state index contributed by atoms with van der Waals surface area (Å²) in [4.78, 5) is 19.5. The molecule has 0 aliphatic carbocycles. The Morgan fingerprint density at radius 1 is 1.29 bits per heavy atom. The van der Waals surface area contributed by atoms with Crippen LogP contribution >= 0.6 is 0 Å². The quantitative estimate of drug-likeness (QED) is 0.761. The van der Waals surface area contributed by atoms with Crippen LogP contribution in [-0.4, -0.2) is 40.6 Å². The summed E-state index contributed by atoms with van der Waals surface area (Å²) in [5.41, 5.74) is 1.22. The molecule has 3 rings (SSSR count). The molecule has 0 radical (unpaired) electrons. The van der Waals surface area contributed by atoms with E-state index in [-0.39, 0.29) is 5.69 Å². The molecule has 8 nitrogen and oxygen atoms in total. The first-order valence-electron chi connectivity index (χ1n) is 6.20. The number of carboxylic acids is 1. The molecule has 106 valence electrons. The predicted molar refractivity (Wildman–Crippen MR) is 72.5 cm³/mol. The Morgan fingerprint density at radius 2 is 2.05 bits per heavy atom. The van der Waals surface area contributed by atoms with Gasteiger partial charge in [-0.05, 0) is 17.7 Å². The number of hydrogen-bond donors (Lipinski definition) is 1. The zero-order chi connectivity index (χ0) is 14.8. The molecule has 8 heteroatoms. The highest BCUT2D eigenvalue weighted by Gasteiger charge is 2.23. The lowest BCUT2D eigenvalue weighted by Gasteiger charge is -2.07. The zero-order valence-corrected chi connectivity index (χ0v) is 11.2. The first-order chi connectivity index (χ1) is 10.2. The number of aromatic nitrogens is 6. The van der Waals surface area contributed by atoms with Crippen LogP contribution in [0.5, 0.6) is 0 Å². The van der Waals surface area contributed by atoms with Crippen molar-refractivity contribution in [2.75, 3.05) is 0 Å². The molecule has 0 aromatic carbocycles. The van der Waals surface area contributed by atoms with Gasteiger partial charge in [-0.25, -0.2) is 14.5 Å². The number of aromatic carboxylic acids is 1. The standard InChI is InChI=1S/C13H12N6O2/c1-18-7-6-15-12(18)11-10(13(20)21)16-17-19(11)8-9-2-4-14-5-3-9/h2-7H,8H2,1H3,(H,20,21). The number of carbonyl (C=O) groups is 1. The number of nitrogens with zero attached hydrogens (tertiary/aromatic N) is 6. The maximum absolute atomic E-state index is 11.3. The first-order valence-corrected chi connectivity index (χ1v) is 6.20. The molecule has 3 heterocycles. The van der Waals surface area contributed by atoms with E-state index < -0.39 is 5.97 Å². The second kappa shape index (κ2) is 5.16. The minimum absolute atomic E-state index is 0.113. The third kappa shape index (κ3) is 2.38. The molecule has 0 saturated heterocycles. The Bertz CT molecular complexity index is 777. The summed E-state index contributed by atoms with van der Waals surface area (Å²) in [6.45, 7) is 0.394. The summed E-state index contributed by atoms with van der Waals surface area (Å²) < 4.78 is 3.26. The topological polar surface area (TPSA) is 98.7 Å². The fourth-order valence-corrected chi connectivity index (χ4v) is 2.04. The van der Waals surface area contributed by atoms with Gasteiger partial charge in [0.05, 0.1) is 6.54 Å². The maximum atomic E-state index is 11.3. The molecule has 1 N–H and O–H groups in total. The number of rotatable bonds is 4. The summed E-state index contributed by atoms with van der Waals surface area (Å²) in [6.07, 6.45) is 6.69. The van der Waals surface area contributed by atoms with Crippen molar-refractivity contribution in [1.82, 2.24) is 29.5 Å². The van der Waals surface area contributed by atoms with Gasteiger partial charge in [-0.1, -0.05) is 5.21 Å². The second-order valence-electron chi connectivity index (χ2n) is 4.47. The summed E-state index contributed by atoms with van der Waals surface area (Å²) in [5.74, 6) is -0.625. The molecule has 0 spiro atoms. The van der Waals surface area contributed by atoms with Crippen LogP contribution in [0.3, 0.4) is 0 Å². The van der Waals surface area contributed by atoms with E-state index >= 15 is 0 Å². The van der Waals surface area contributed by atoms with E-state index in [1.54, 1.807) is 36.4 Å². The summed E-state index contributed by atoms with van der Waals surface area (Å²) in [7, 11) is 1.79. The van der Waals surface area contributed by atoms with Gasteiger partial charge in [0.1, 0.15) is 5.69 Å². The summed E-state index contributed by atoms with van der Waals surface area (Å²) in [6, 6.07) is 3.68. The number of hydrogen-bond acceptors (Lipinski definition) is 5. The fourth-order valence-electron chi connectivity index (χ4n) is 2.04. The van der Waals surface area contributed by atoms with Crippen LogP contribution in [0.1, 0.15) is 16.1 Å². The van der Waals surface area contributed by atoms with Crippen molar-refractivity contribution in [2.45, 2.75) is 6.54 Å². The fraction of sp³-hybridized carbons (Fsp3) is 0.154. The molecule has 0 fully saturated rings. The molecule has 0 bridgehead atoms. The van der Waals surface area contributed by atoms with Crippen LogP contribution in [0, 0.1) is 0 Å². The van der Waals surface area contributed by atoms with Gasteiger partial charge >= 0.3 is 5.97 Å². The number of aryl methyl sites for hydroxylation is 1. The van der Waals surface area contributed by atoms with E-state index in [2.05, 4.69) is 20.3 Å². The molecule has 0 amide bonds. The maximum Gasteiger partial charge on any atom is 0.358 e. The van der Waals surface area contributed by atoms with Gasteiger partial charge in [-0.15, -0.1) is 5.10 Å². The van der Waals surface area contributed by atoms with Gasteiger partial charge < -0.3 is 9.67 Å². The van der Waals surface area contributed by atoms with Crippen molar-refractivity contribution in [1.29, 1.82) is 0 Å². The minimum Gasteiger partial charge on any atom is -0.476 e. The van der Waals surface area contributed by atoms with Gasteiger partial charge in [0.15, 0.2) is 5.82 Å². The van der Waals surface area contributed by atoms with Crippen molar-refractivity contribution < 1.29 is 9.90 Å².